The SMILES string of the molecule is CCOC(=O)Cc1ccccc1OCc1nn(C(C)C)c2ccc(-c3ccc4ccnc(N)c4c3)cc12. The Hall–Kier alpha value is -4.39. The number of para-hydroxylation sites is 1. The van der Waals surface area contributed by atoms with E-state index in [9.17, 15) is 4.79 Å². The second-order valence-electron chi connectivity index (χ2n) is 9.23. The van der Waals surface area contributed by atoms with Crippen LogP contribution >= 0.6 is 0 Å². The minimum Gasteiger partial charge on any atom is -0.487 e. The second-order valence-corrected chi connectivity index (χ2v) is 9.23. The molecule has 3 aromatic carbocycles. The molecule has 0 saturated heterocycles. The first-order valence-corrected chi connectivity index (χ1v) is 12.5. The molecular weight excluding hydrogens is 464 g/mol. The maximum Gasteiger partial charge on any atom is 0.310 e. The summed E-state index contributed by atoms with van der Waals surface area (Å²) in [5, 5.41) is 7.90. The highest BCUT2D eigenvalue weighted by molar-refractivity contribution is 5.95. The highest BCUT2D eigenvalue weighted by Gasteiger charge is 2.16. The van der Waals surface area contributed by atoms with Crippen LogP contribution in [0.5, 0.6) is 5.75 Å². The zero-order chi connectivity index (χ0) is 25.9. The highest BCUT2D eigenvalue weighted by Crippen LogP contribution is 2.32. The fraction of sp³-hybridized carbons (Fsp3) is 0.233. The standard InChI is InChI=1S/C30H30N4O3/c1-4-36-29(35)17-23-7-5-6-8-28(23)37-18-26-25-16-22(11-12-27(25)34(33-26)19(2)3)21-10-9-20-13-14-32-30(31)24(20)15-21/h5-16,19H,4,17-18H2,1-3H3,(H2,31,32). The third kappa shape index (κ3) is 4.98. The average molecular weight is 495 g/mol. The normalized spacial score (nSPS) is 11.4. The number of hydrogen-bond donors (Lipinski definition) is 1. The number of carbonyl (C=O) groups is 1. The zero-order valence-electron chi connectivity index (χ0n) is 21.3. The number of nitrogens with two attached hydrogens (primary N) is 1. The summed E-state index contributed by atoms with van der Waals surface area (Å²) < 4.78 is 13.4. The summed E-state index contributed by atoms with van der Waals surface area (Å²) >= 11 is 0. The number of ether oxygens (including phenoxy) is 2. The Balaban J connectivity index is 1.50. The van der Waals surface area contributed by atoms with Crippen molar-refractivity contribution in [3.63, 3.8) is 0 Å². The maximum absolute atomic E-state index is 12.1. The maximum atomic E-state index is 12.1. The Morgan fingerprint density at radius 2 is 1.76 bits per heavy atom. The molecule has 7 heteroatoms. The van der Waals surface area contributed by atoms with Gasteiger partial charge in [0, 0.05) is 28.6 Å². The smallest absolute Gasteiger partial charge is 0.310 e. The highest BCUT2D eigenvalue weighted by atomic mass is 16.5. The third-order valence-electron chi connectivity index (χ3n) is 6.38. The predicted octanol–water partition coefficient (Wildman–Crippen LogP) is 6.10. The Labute approximate surface area is 215 Å². The molecule has 0 unspecified atom stereocenters. The molecule has 2 heterocycles. The van der Waals surface area contributed by atoms with Crippen LogP contribution in [0.2, 0.25) is 0 Å². The number of carbonyl (C=O) groups excluding carboxylic acids is 1. The van der Waals surface area contributed by atoms with Crippen LogP contribution in [0.25, 0.3) is 32.8 Å². The molecule has 0 saturated carbocycles. The van der Waals surface area contributed by atoms with Gasteiger partial charge in [-0.3, -0.25) is 9.48 Å². The van der Waals surface area contributed by atoms with Gasteiger partial charge in [-0.15, -0.1) is 0 Å². The Bertz CT molecular complexity index is 1590. The Kier molecular flexibility index (Phi) is 6.77. The van der Waals surface area contributed by atoms with Gasteiger partial charge < -0.3 is 15.2 Å². The fourth-order valence-corrected chi connectivity index (χ4v) is 4.56. The van der Waals surface area contributed by atoms with Gasteiger partial charge in [0.25, 0.3) is 0 Å². The van der Waals surface area contributed by atoms with Gasteiger partial charge in [-0.2, -0.15) is 5.10 Å². The van der Waals surface area contributed by atoms with Crippen LogP contribution in [0.1, 0.15) is 38.1 Å². The van der Waals surface area contributed by atoms with E-state index in [0.717, 1.165) is 44.1 Å². The average Bonchev–Trinajstić information content (AvgIpc) is 3.27. The number of pyridine rings is 1. The fourth-order valence-electron chi connectivity index (χ4n) is 4.56. The predicted molar refractivity (Wildman–Crippen MR) is 146 cm³/mol. The van der Waals surface area contributed by atoms with Gasteiger partial charge in [0.15, 0.2) is 0 Å². The van der Waals surface area contributed by atoms with E-state index in [0.29, 0.717) is 18.2 Å². The van der Waals surface area contributed by atoms with Crippen LogP contribution in [-0.2, 0) is 22.6 Å². The van der Waals surface area contributed by atoms with Gasteiger partial charge in [-0.25, -0.2) is 4.98 Å². The van der Waals surface area contributed by atoms with Gasteiger partial charge in [-0.05, 0) is 67.6 Å². The van der Waals surface area contributed by atoms with Gasteiger partial charge in [0.1, 0.15) is 23.9 Å². The quantitative estimate of drug-likeness (QED) is 0.262. The minimum absolute atomic E-state index is 0.162. The van der Waals surface area contributed by atoms with E-state index in [-0.39, 0.29) is 25.0 Å². The molecule has 2 aromatic heterocycles. The lowest BCUT2D eigenvalue weighted by molar-refractivity contribution is -0.142. The van der Waals surface area contributed by atoms with E-state index >= 15 is 0 Å². The van der Waals surface area contributed by atoms with E-state index in [1.54, 1.807) is 13.1 Å². The number of benzene rings is 3. The molecule has 5 rings (SSSR count). The monoisotopic (exact) mass is 494 g/mol. The van der Waals surface area contributed by atoms with Crippen LogP contribution in [-0.4, -0.2) is 27.3 Å². The second kappa shape index (κ2) is 10.3. The van der Waals surface area contributed by atoms with Crippen molar-refractivity contribution in [2.75, 3.05) is 12.3 Å². The molecule has 188 valence electrons. The summed E-state index contributed by atoms with van der Waals surface area (Å²) in [6.07, 6.45) is 1.89. The van der Waals surface area contributed by atoms with Crippen molar-refractivity contribution in [3.05, 3.63) is 84.2 Å². The summed E-state index contributed by atoms with van der Waals surface area (Å²) in [5.74, 6) is 0.893. The molecule has 5 aromatic rings. The van der Waals surface area contributed by atoms with Crippen molar-refractivity contribution < 1.29 is 14.3 Å². The zero-order valence-corrected chi connectivity index (χ0v) is 21.3. The first-order valence-electron chi connectivity index (χ1n) is 12.5. The molecule has 0 aliphatic heterocycles. The van der Waals surface area contributed by atoms with Crippen LogP contribution in [0.15, 0.2) is 72.9 Å². The number of fused-ring (bicyclic) bond motifs is 2. The molecule has 2 N–H and O–H groups in total. The van der Waals surface area contributed by atoms with Crippen LogP contribution < -0.4 is 10.5 Å². The van der Waals surface area contributed by atoms with Crippen LogP contribution in [0.3, 0.4) is 0 Å². The Morgan fingerprint density at radius 3 is 2.54 bits per heavy atom. The van der Waals surface area contributed by atoms with Crippen LogP contribution in [0, 0.1) is 0 Å². The largest absolute Gasteiger partial charge is 0.487 e. The number of rotatable bonds is 8. The molecule has 7 nitrogen and oxygen atoms in total. The molecule has 0 spiro atoms. The van der Waals surface area contributed by atoms with Crippen molar-refractivity contribution in [2.24, 2.45) is 0 Å². The first kappa shape index (κ1) is 24.3. The summed E-state index contributed by atoms with van der Waals surface area (Å²) in [6.45, 7) is 6.64. The molecule has 37 heavy (non-hydrogen) atoms. The van der Waals surface area contributed by atoms with Crippen molar-refractivity contribution in [1.82, 2.24) is 14.8 Å². The summed E-state index contributed by atoms with van der Waals surface area (Å²) in [4.78, 5) is 16.3. The molecule has 0 atom stereocenters. The van der Waals surface area contributed by atoms with Crippen molar-refractivity contribution >= 4 is 33.5 Å². The molecule has 0 amide bonds. The topological polar surface area (TPSA) is 92.3 Å². The molecule has 0 aliphatic rings. The van der Waals surface area contributed by atoms with Crippen molar-refractivity contribution in [2.45, 2.75) is 39.8 Å². The van der Waals surface area contributed by atoms with Crippen molar-refractivity contribution in [1.29, 1.82) is 0 Å². The summed E-state index contributed by atoms with van der Waals surface area (Å²) in [5.41, 5.74) is 10.9. The molecule has 0 fully saturated rings. The minimum atomic E-state index is -0.274. The van der Waals surface area contributed by atoms with E-state index < -0.39 is 0 Å². The van der Waals surface area contributed by atoms with Crippen molar-refractivity contribution in [3.8, 4) is 16.9 Å². The molecule has 0 aliphatic carbocycles. The third-order valence-corrected chi connectivity index (χ3v) is 6.38. The number of esters is 1. The Morgan fingerprint density at radius 1 is 1.00 bits per heavy atom. The van der Waals surface area contributed by atoms with E-state index in [2.05, 4.69) is 55.2 Å². The van der Waals surface area contributed by atoms with E-state index in [1.165, 1.54) is 0 Å². The first-order chi connectivity index (χ1) is 17.9. The van der Waals surface area contributed by atoms with E-state index in [4.69, 9.17) is 20.3 Å². The molecule has 0 radical (unpaired) electrons. The lowest BCUT2D eigenvalue weighted by atomic mass is 10.00. The summed E-state index contributed by atoms with van der Waals surface area (Å²) in [6, 6.07) is 22.3. The van der Waals surface area contributed by atoms with Gasteiger partial charge >= 0.3 is 5.97 Å². The van der Waals surface area contributed by atoms with Crippen LogP contribution in [0.4, 0.5) is 5.82 Å². The number of anilines is 1. The van der Waals surface area contributed by atoms with Gasteiger partial charge in [0.2, 0.25) is 0 Å². The number of nitrogens with zero attached hydrogens (tertiary/aromatic N) is 3. The molecule has 0 bridgehead atoms. The number of aromatic nitrogens is 3. The lowest BCUT2D eigenvalue weighted by Crippen LogP contribution is -2.09. The van der Waals surface area contributed by atoms with Gasteiger partial charge in [-0.1, -0.05) is 36.4 Å². The number of hydrogen-bond acceptors (Lipinski definition) is 6. The van der Waals surface area contributed by atoms with Gasteiger partial charge in [0.05, 0.1) is 18.5 Å². The van der Waals surface area contributed by atoms with E-state index in [1.807, 2.05) is 35.0 Å². The lowest BCUT2D eigenvalue weighted by Gasteiger charge is -2.10. The summed E-state index contributed by atoms with van der Waals surface area (Å²) in [7, 11) is 0. The molecular formula is C30H30N4O3. The number of nitrogen functional groups attached to an aromatic ring is 1.